The summed E-state index contributed by atoms with van der Waals surface area (Å²) in [5.41, 5.74) is 2.07. The van der Waals surface area contributed by atoms with E-state index in [1.165, 1.54) is 29.6 Å². The number of piperidine rings is 1. The number of nitrogens with one attached hydrogen (secondary N) is 1. The number of thiazole rings is 1. The molecule has 5 heteroatoms. The SMILES string of the molecule is CC1CCCN(Cc2csc(NC(=O)Cc3ccc4ccccc4c3)n2)C1. The van der Waals surface area contributed by atoms with E-state index in [0.29, 0.717) is 11.6 Å². The van der Waals surface area contributed by atoms with Crippen LogP contribution in [0.25, 0.3) is 10.8 Å². The lowest BCUT2D eigenvalue weighted by Crippen LogP contribution is -2.33. The Morgan fingerprint density at radius 3 is 2.96 bits per heavy atom. The fourth-order valence-electron chi connectivity index (χ4n) is 3.79. The molecule has 140 valence electrons. The molecule has 2 aromatic carbocycles. The Balaban J connectivity index is 1.34. The molecule has 1 aliphatic heterocycles. The summed E-state index contributed by atoms with van der Waals surface area (Å²) in [5, 5.41) is 8.07. The van der Waals surface area contributed by atoms with Crippen LogP contribution in [0.1, 0.15) is 31.0 Å². The van der Waals surface area contributed by atoms with Crippen LogP contribution in [-0.4, -0.2) is 28.9 Å². The summed E-state index contributed by atoms with van der Waals surface area (Å²) in [6.07, 6.45) is 2.95. The molecule has 1 aliphatic rings. The minimum absolute atomic E-state index is 0.0159. The van der Waals surface area contributed by atoms with Crippen molar-refractivity contribution >= 4 is 33.1 Å². The average Bonchev–Trinajstić information content (AvgIpc) is 3.08. The summed E-state index contributed by atoms with van der Waals surface area (Å²) in [4.78, 5) is 19.5. The number of amides is 1. The van der Waals surface area contributed by atoms with Crippen molar-refractivity contribution in [3.05, 3.63) is 59.1 Å². The molecule has 1 fully saturated rings. The number of anilines is 1. The van der Waals surface area contributed by atoms with Crippen LogP contribution < -0.4 is 5.32 Å². The van der Waals surface area contributed by atoms with Gasteiger partial charge in [0.25, 0.3) is 0 Å². The number of carbonyl (C=O) groups is 1. The summed E-state index contributed by atoms with van der Waals surface area (Å²) < 4.78 is 0. The maximum atomic E-state index is 12.4. The Morgan fingerprint density at radius 1 is 1.26 bits per heavy atom. The van der Waals surface area contributed by atoms with Gasteiger partial charge in [-0.2, -0.15) is 0 Å². The van der Waals surface area contributed by atoms with Crippen molar-refractivity contribution in [2.45, 2.75) is 32.7 Å². The molecule has 1 amide bonds. The maximum Gasteiger partial charge on any atom is 0.230 e. The first-order valence-electron chi connectivity index (χ1n) is 9.60. The minimum Gasteiger partial charge on any atom is -0.302 e. The molecule has 0 bridgehead atoms. The topological polar surface area (TPSA) is 45.2 Å². The van der Waals surface area contributed by atoms with E-state index in [4.69, 9.17) is 0 Å². The predicted octanol–water partition coefficient (Wildman–Crippen LogP) is 4.71. The summed E-state index contributed by atoms with van der Waals surface area (Å²) in [7, 11) is 0. The van der Waals surface area contributed by atoms with Gasteiger partial charge in [0.15, 0.2) is 5.13 Å². The van der Waals surface area contributed by atoms with Crippen LogP contribution in [0.2, 0.25) is 0 Å². The standard InChI is InChI=1S/C22H25N3OS/c1-16-5-4-10-25(13-16)14-20-15-27-22(23-20)24-21(26)12-17-8-9-18-6-2-3-7-19(18)11-17/h2-3,6-9,11,15-16H,4-5,10,12-14H2,1H3,(H,23,24,26). The van der Waals surface area contributed by atoms with Gasteiger partial charge in [-0.25, -0.2) is 4.98 Å². The molecule has 2 heterocycles. The van der Waals surface area contributed by atoms with Gasteiger partial charge in [-0.15, -0.1) is 11.3 Å². The van der Waals surface area contributed by atoms with Crippen molar-refractivity contribution in [2.24, 2.45) is 5.92 Å². The number of benzene rings is 2. The number of carbonyl (C=O) groups excluding carboxylic acids is 1. The largest absolute Gasteiger partial charge is 0.302 e. The molecule has 1 atom stereocenters. The van der Waals surface area contributed by atoms with Gasteiger partial charge in [-0.05, 0) is 41.6 Å². The highest BCUT2D eigenvalue weighted by Gasteiger charge is 2.17. The molecule has 0 aliphatic carbocycles. The highest BCUT2D eigenvalue weighted by Crippen LogP contribution is 2.21. The van der Waals surface area contributed by atoms with Crippen LogP contribution in [0.5, 0.6) is 0 Å². The Labute approximate surface area is 164 Å². The Bertz CT molecular complexity index is 936. The fraction of sp³-hybridized carbons (Fsp3) is 0.364. The van der Waals surface area contributed by atoms with Crippen molar-refractivity contribution in [2.75, 3.05) is 18.4 Å². The first-order chi connectivity index (χ1) is 13.2. The molecular formula is C22H25N3OS. The van der Waals surface area contributed by atoms with Gasteiger partial charge in [0.05, 0.1) is 12.1 Å². The number of hydrogen-bond acceptors (Lipinski definition) is 4. The van der Waals surface area contributed by atoms with Crippen molar-refractivity contribution in [3.63, 3.8) is 0 Å². The molecule has 4 rings (SSSR count). The van der Waals surface area contributed by atoms with Gasteiger partial charge >= 0.3 is 0 Å². The van der Waals surface area contributed by atoms with Gasteiger partial charge < -0.3 is 5.32 Å². The van der Waals surface area contributed by atoms with E-state index >= 15 is 0 Å². The first kappa shape index (κ1) is 18.1. The lowest BCUT2D eigenvalue weighted by Gasteiger charge is -2.30. The number of hydrogen-bond donors (Lipinski definition) is 1. The zero-order valence-electron chi connectivity index (χ0n) is 15.6. The Kier molecular flexibility index (Phi) is 5.50. The second-order valence-corrected chi connectivity index (χ2v) is 8.39. The third-order valence-electron chi connectivity index (χ3n) is 5.10. The van der Waals surface area contributed by atoms with E-state index in [-0.39, 0.29) is 5.91 Å². The summed E-state index contributed by atoms with van der Waals surface area (Å²) in [5.74, 6) is 0.747. The number of fused-ring (bicyclic) bond motifs is 1. The van der Waals surface area contributed by atoms with Crippen molar-refractivity contribution < 1.29 is 4.79 Å². The molecule has 0 spiro atoms. The third kappa shape index (κ3) is 4.73. The van der Waals surface area contributed by atoms with Gasteiger partial charge in [0.2, 0.25) is 5.91 Å². The highest BCUT2D eigenvalue weighted by atomic mass is 32.1. The lowest BCUT2D eigenvalue weighted by atomic mass is 10.0. The molecule has 1 N–H and O–H groups in total. The quantitative estimate of drug-likeness (QED) is 0.698. The number of aromatic nitrogens is 1. The smallest absolute Gasteiger partial charge is 0.230 e. The van der Waals surface area contributed by atoms with Gasteiger partial charge in [0.1, 0.15) is 0 Å². The fourth-order valence-corrected chi connectivity index (χ4v) is 4.51. The van der Waals surface area contributed by atoms with E-state index in [1.54, 1.807) is 0 Å². The molecule has 27 heavy (non-hydrogen) atoms. The van der Waals surface area contributed by atoms with Gasteiger partial charge in [-0.1, -0.05) is 49.4 Å². The normalized spacial score (nSPS) is 17.9. The number of likely N-dealkylation sites (tertiary alicyclic amines) is 1. The predicted molar refractivity (Wildman–Crippen MR) is 112 cm³/mol. The van der Waals surface area contributed by atoms with Crippen LogP contribution in [0.4, 0.5) is 5.13 Å². The van der Waals surface area contributed by atoms with E-state index < -0.39 is 0 Å². The molecule has 0 saturated carbocycles. The van der Waals surface area contributed by atoms with Crippen molar-refractivity contribution in [1.29, 1.82) is 0 Å². The molecule has 0 radical (unpaired) electrons. The number of nitrogens with zero attached hydrogens (tertiary/aromatic N) is 2. The van der Waals surface area contributed by atoms with Crippen LogP contribution in [-0.2, 0) is 17.8 Å². The Morgan fingerprint density at radius 2 is 2.11 bits per heavy atom. The second kappa shape index (κ2) is 8.19. The van der Waals surface area contributed by atoms with Gasteiger partial charge in [0, 0.05) is 18.5 Å². The molecule has 4 nitrogen and oxygen atoms in total. The van der Waals surface area contributed by atoms with Gasteiger partial charge in [-0.3, -0.25) is 9.69 Å². The van der Waals surface area contributed by atoms with E-state index in [1.807, 2.05) is 18.2 Å². The van der Waals surface area contributed by atoms with E-state index in [0.717, 1.165) is 42.2 Å². The van der Waals surface area contributed by atoms with Crippen LogP contribution in [0, 0.1) is 5.92 Å². The second-order valence-electron chi connectivity index (χ2n) is 7.53. The molecule has 3 aromatic rings. The average molecular weight is 380 g/mol. The first-order valence-corrected chi connectivity index (χ1v) is 10.5. The highest BCUT2D eigenvalue weighted by molar-refractivity contribution is 7.13. The maximum absolute atomic E-state index is 12.4. The zero-order valence-corrected chi connectivity index (χ0v) is 16.5. The van der Waals surface area contributed by atoms with Crippen molar-refractivity contribution in [1.82, 2.24) is 9.88 Å². The lowest BCUT2D eigenvalue weighted by molar-refractivity contribution is -0.115. The molecular weight excluding hydrogens is 354 g/mol. The molecule has 1 unspecified atom stereocenters. The van der Waals surface area contributed by atoms with Crippen LogP contribution in [0.3, 0.4) is 0 Å². The summed E-state index contributed by atoms with van der Waals surface area (Å²) in [6, 6.07) is 14.4. The third-order valence-corrected chi connectivity index (χ3v) is 5.91. The zero-order chi connectivity index (χ0) is 18.6. The van der Waals surface area contributed by atoms with Crippen molar-refractivity contribution in [3.8, 4) is 0 Å². The Hall–Kier alpha value is -2.24. The summed E-state index contributed by atoms with van der Waals surface area (Å²) >= 11 is 1.51. The summed E-state index contributed by atoms with van der Waals surface area (Å²) in [6.45, 7) is 5.47. The van der Waals surface area contributed by atoms with E-state index in [2.05, 4.69) is 51.8 Å². The van der Waals surface area contributed by atoms with Crippen LogP contribution >= 0.6 is 11.3 Å². The van der Waals surface area contributed by atoms with E-state index in [9.17, 15) is 4.79 Å². The number of rotatable bonds is 5. The van der Waals surface area contributed by atoms with Crippen LogP contribution in [0.15, 0.2) is 47.8 Å². The minimum atomic E-state index is -0.0159. The molecule has 1 aromatic heterocycles. The monoisotopic (exact) mass is 379 g/mol. The molecule has 1 saturated heterocycles.